The van der Waals surface area contributed by atoms with Crippen molar-refractivity contribution in [2.24, 2.45) is 5.92 Å². The van der Waals surface area contributed by atoms with Crippen LogP contribution in [0.4, 0.5) is 0 Å². The van der Waals surface area contributed by atoms with Crippen molar-refractivity contribution in [2.75, 3.05) is 0 Å². The summed E-state index contributed by atoms with van der Waals surface area (Å²) >= 11 is 0. The van der Waals surface area contributed by atoms with Crippen LogP contribution in [0.25, 0.3) is 0 Å². The van der Waals surface area contributed by atoms with E-state index in [4.69, 9.17) is 4.74 Å². The van der Waals surface area contributed by atoms with Gasteiger partial charge in [-0.2, -0.15) is 0 Å². The fraction of sp³-hybridized carbons (Fsp3) is 0.600. The third kappa shape index (κ3) is 2.15. The average Bonchev–Trinajstić information content (AvgIpc) is 2.23. The van der Waals surface area contributed by atoms with Crippen LogP contribution in [0.15, 0.2) is 30.3 Å². The van der Waals surface area contributed by atoms with Gasteiger partial charge in [0.25, 0.3) is 0 Å². The van der Waals surface area contributed by atoms with Crippen LogP contribution in [-0.2, 0) is 10.3 Å². The first-order valence-corrected chi connectivity index (χ1v) is 6.39. The highest BCUT2D eigenvalue weighted by Crippen LogP contribution is 2.47. The van der Waals surface area contributed by atoms with E-state index in [1.807, 2.05) is 0 Å². The second-order valence-corrected chi connectivity index (χ2v) is 5.31. The molecule has 1 heterocycles. The number of benzene rings is 1. The monoisotopic (exact) mass is 218 g/mol. The fourth-order valence-electron chi connectivity index (χ4n) is 2.74. The van der Waals surface area contributed by atoms with E-state index in [-0.39, 0.29) is 5.60 Å². The summed E-state index contributed by atoms with van der Waals surface area (Å²) in [6.07, 6.45) is 3.92. The van der Waals surface area contributed by atoms with Crippen molar-refractivity contribution in [1.82, 2.24) is 0 Å². The molecule has 0 amide bonds. The molecule has 1 aliphatic heterocycles. The molecule has 1 aliphatic rings. The number of ether oxygens (including phenoxy) is 1. The van der Waals surface area contributed by atoms with Crippen molar-refractivity contribution >= 4 is 0 Å². The summed E-state index contributed by atoms with van der Waals surface area (Å²) in [6.45, 7) is 6.75. The molecule has 0 N–H and O–H groups in total. The van der Waals surface area contributed by atoms with Gasteiger partial charge in [-0.3, -0.25) is 0 Å². The van der Waals surface area contributed by atoms with Crippen molar-refractivity contribution in [3.63, 3.8) is 0 Å². The Morgan fingerprint density at radius 3 is 2.44 bits per heavy atom. The van der Waals surface area contributed by atoms with Crippen LogP contribution >= 0.6 is 0 Å². The zero-order valence-electron chi connectivity index (χ0n) is 10.6. The van der Waals surface area contributed by atoms with Gasteiger partial charge in [0.1, 0.15) is 0 Å². The maximum atomic E-state index is 6.17. The molecule has 1 heteroatoms. The first-order valence-electron chi connectivity index (χ1n) is 6.39. The Hall–Kier alpha value is -0.820. The first-order chi connectivity index (χ1) is 7.66. The van der Waals surface area contributed by atoms with Crippen molar-refractivity contribution in [1.29, 1.82) is 0 Å². The normalized spacial score (nSPS) is 29.1. The van der Waals surface area contributed by atoms with Gasteiger partial charge in [-0.15, -0.1) is 0 Å². The standard InChI is InChI=1S/C15H22O/c1-4-14-11-15(16-14,10-12(2)3)13-8-6-5-7-9-13/h5-9,12,14H,4,10-11H2,1-3H3. The molecule has 88 valence electrons. The SMILES string of the molecule is CCC1CC(CC(C)C)(c2ccccc2)O1. The Kier molecular flexibility index (Phi) is 3.34. The van der Waals surface area contributed by atoms with Crippen LogP contribution in [0.2, 0.25) is 0 Å². The molecule has 1 aromatic rings. The molecule has 1 nitrogen and oxygen atoms in total. The average molecular weight is 218 g/mol. The molecule has 0 aliphatic carbocycles. The van der Waals surface area contributed by atoms with Crippen LogP contribution < -0.4 is 0 Å². The Morgan fingerprint density at radius 1 is 1.31 bits per heavy atom. The van der Waals surface area contributed by atoms with Crippen LogP contribution in [-0.4, -0.2) is 6.10 Å². The van der Waals surface area contributed by atoms with E-state index in [1.165, 1.54) is 12.0 Å². The summed E-state index contributed by atoms with van der Waals surface area (Å²) in [5, 5.41) is 0. The lowest BCUT2D eigenvalue weighted by Gasteiger charge is -2.49. The molecular weight excluding hydrogens is 196 g/mol. The molecular formula is C15H22O. The van der Waals surface area contributed by atoms with E-state index in [9.17, 15) is 0 Å². The van der Waals surface area contributed by atoms with Gasteiger partial charge in [0.15, 0.2) is 0 Å². The van der Waals surface area contributed by atoms with Crippen LogP contribution in [0, 0.1) is 5.92 Å². The van der Waals surface area contributed by atoms with E-state index in [1.54, 1.807) is 0 Å². The predicted molar refractivity (Wildman–Crippen MR) is 67.4 cm³/mol. The minimum Gasteiger partial charge on any atom is -0.367 e. The van der Waals surface area contributed by atoms with Crippen molar-refractivity contribution < 1.29 is 4.74 Å². The molecule has 0 radical (unpaired) electrons. The fourth-order valence-corrected chi connectivity index (χ4v) is 2.74. The minimum absolute atomic E-state index is 0.0100. The smallest absolute Gasteiger partial charge is 0.0962 e. The second kappa shape index (κ2) is 4.58. The molecule has 0 aromatic heterocycles. The molecule has 2 unspecified atom stereocenters. The topological polar surface area (TPSA) is 9.23 Å². The maximum absolute atomic E-state index is 6.17. The summed E-state index contributed by atoms with van der Waals surface area (Å²) in [4.78, 5) is 0. The summed E-state index contributed by atoms with van der Waals surface area (Å²) in [6, 6.07) is 10.7. The van der Waals surface area contributed by atoms with Gasteiger partial charge in [0, 0.05) is 6.42 Å². The van der Waals surface area contributed by atoms with E-state index in [0.29, 0.717) is 12.0 Å². The molecule has 1 fully saturated rings. The van der Waals surface area contributed by atoms with Gasteiger partial charge in [-0.05, 0) is 24.3 Å². The van der Waals surface area contributed by atoms with Crippen LogP contribution in [0.3, 0.4) is 0 Å². The van der Waals surface area contributed by atoms with E-state index in [2.05, 4.69) is 51.1 Å². The third-order valence-corrected chi connectivity index (χ3v) is 3.44. The van der Waals surface area contributed by atoms with Gasteiger partial charge in [-0.1, -0.05) is 51.1 Å². The Labute approximate surface area is 98.8 Å². The number of hydrogen-bond donors (Lipinski definition) is 0. The van der Waals surface area contributed by atoms with E-state index >= 15 is 0 Å². The zero-order chi connectivity index (χ0) is 11.6. The Morgan fingerprint density at radius 2 is 1.94 bits per heavy atom. The molecule has 2 rings (SSSR count). The van der Waals surface area contributed by atoms with Gasteiger partial charge >= 0.3 is 0 Å². The van der Waals surface area contributed by atoms with Crippen molar-refractivity contribution in [3.8, 4) is 0 Å². The summed E-state index contributed by atoms with van der Waals surface area (Å²) in [5.74, 6) is 0.679. The number of hydrogen-bond acceptors (Lipinski definition) is 1. The summed E-state index contributed by atoms with van der Waals surface area (Å²) in [5.41, 5.74) is 1.37. The van der Waals surface area contributed by atoms with Crippen LogP contribution in [0.1, 0.15) is 45.6 Å². The van der Waals surface area contributed by atoms with Gasteiger partial charge in [0.2, 0.25) is 0 Å². The molecule has 0 saturated carbocycles. The van der Waals surface area contributed by atoms with E-state index < -0.39 is 0 Å². The predicted octanol–water partition coefficient (Wildman–Crippen LogP) is 4.13. The number of rotatable bonds is 4. The largest absolute Gasteiger partial charge is 0.367 e. The Bertz CT molecular complexity index is 323. The molecule has 0 bridgehead atoms. The van der Waals surface area contributed by atoms with Crippen LogP contribution in [0.5, 0.6) is 0 Å². The Balaban J connectivity index is 2.17. The summed E-state index contributed by atoms with van der Waals surface area (Å²) < 4.78 is 6.17. The quantitative estimate of drug-likeness (QED) is 0.738. The van der Waals surface area contributed by atoms with Gasteiger partial charge < -0.3 is 4.74 Å². The lowest BCUT2D eigenvalue weighted by molar-refractivity contribution is -0.222. The lowest BCUT2D eigenvalue weighted by atomic mass is 9.76. The highest BCUT2D eigenvalue weighted by atomic mass is 16.5. The third-order valence-electron chi connectivity index (χ3n) is 3.44. The second-order valence-electron chi connectivity index (χ2n) is 5.31. The molecule has 16 heavy (non-hydrogen) atoms. The highest BCUT2D eigenvalue weighted by Gasteiger charge is 2.45. The van der Waals surface area contributed by atoms with Crippen molar-refractivity contribution in [3.05, 3.63) is 35.9 Å². The maximum Gasteiger partial charge on any atom is 0.0962 e. The van der Waals surface area contributed by atoms with E-state index in [0.717, 1.165) is 12.8 Å². The minimum atomic E-state index is 0.0100. The van der Waals surface area contributed by atoms with Gasteiger partial charge in [0.05, 0.1) is 11.7 Å². The molecule has 2 atom stereocenters. The molecule has 0 spiro atoms. The molecule has 1 aromatic carbocycles. The lowest BCUT2D eigenvalue weighted by Crippen LogP contribution is -2.48. The van der Waals surface area contributed by atoms with Gasteiger partial charge in [-0.25, -0.2) is 0 Å². The molecule has 1 saturated heterocycles. The highest BCUT2D eigenvalue weighted by molar-refractivity contribution is 5.25. The zero-order valence-corrected chi connectivity index (χ0v) is 10.6. The summed E-state index contributed by atoms with van der Waals surface area (Å²) in [7, 11) is 0. The first kappa shape index (κ1) is 11.7. The van der Waals surface area contributed by atoms with Crippen molar-refractivity contribution in [2.45, 2.75) is 51.7 Å².